The van der Waals surface area contributed by atoms with Gasteiger partial charge in [-0.1, -0.05) is 86.6 Å². The number of carbonyl (C=O) groups is 2. The molecule has 1 atom stereocenters. The van der Waals surface area contributed by atoms with E-state index in [0.29, 0.717) is 5.92 Å². The minimum absolute atomic E-state index is 0.0695. The summed E-state index contributed by atoms with van der Waals surface area (Å²) in [7, 11) is 0. The largest absolute Gasteiger partial charge is 0.480 e. The fraction of sp³-hybridized carbons (Fsp3) is 0.286. The van der Waals surface area contributed by atoms with Crippen LogP contribution in [0.5, 0.6) is 0 Å². The fourth-order valence-corrected chi connectivity index (χ4v) is 4.50. The highest BCUT2D eigenvalue weighted by molar-refractivity contribution is 5.81. The quantitative estimate of drug-likeness (QED) is 0.487. The lowest BCUT2D eigenvalue weighted by molar-refractivity contribution is -0.139. The molecular weight excluding hydrogens is 414 g/mol. The molecule has 0 bridgehead atoms. The molecule has 0 unspecified atom stereocenters. The van der Waals surface area contributed by atoms with E-state index in [9.17, 15) is 14.7 Å². The first-order chi connectivity index (χ1) is 15.9. The summed E-state index contributed by atoms with van der Waals surface area (Å²) in [5.41, 5.74) is 6.59. The summed E-state index contributed by atoms with van der Waals surface area (Å²) in [6.07, 6.45) is 0.447. The van der Waals surface area contributed by atoms with Crippen LogP contribution in [-0.4, -0.2) is 29.8 Å². The Labute approximate surface area is 194 Å². The number of rotatable bonds is 8. The standard InChI is InChI=1S/C28H29NO4/c1-18(2)15-19-11-13-20(14-12-19)16-26(27(30)31)29-28(32)33-17-25-23-9-5-3-7-21(23)22-8-4-6-10-24(22)25/h3-14,18,25-26H,15-17H2,1-2H3,(H,29,32)(H,30,31)/t26-/m0/s1. The maximum absolute atomic E-state index is 12.5. The van der Waals surface area contributed by atoms with Crippen molar-refractivity contribution < 1.29 is 19.4 Å². The van der Waals surface area contributed by atoms with Gasteiger partial charge < -0.3 is 15.2 Å². The van der Waals surface area contributed by atoms with E-state index in [1.807, 2.05) is 60.7 Å². The van der Waals surface area contributed by atoms with E-state index in [0.717, 1.165) is 34.2 Å². The number of aliphatic carboxylic acids is 1. The number of ether oxygens (including phenoxy) is 1. The number of carboxylic acids is 1. The molecule has 0 saturated heterocycles. The predicted molar refractivity (Wildman–Crippen MR) is 128 cm³/mol. The van der Waals surface area contributed by atoms with Crippen molar-refractivity contribution in [2.45, 2.75) is 38.6 Å². The zero-order valence-corrected chi connectivity index (χ0v) is 19.0. The first-order valence-electron chi connectivity index (χ1n) is 11.3. The summed E-state index contributed by atoms with van der Waals surface area (Å²) in [5.74, 6) is -0.604. The van der Waals surface area contributed by atoms with E-state index in [4.69, 9.17) is 4.74 Å². The molecule has 3 aromatic carbocycles. The Morgan fingerprint density at radius 2 is 1.36 bits per heavy atom. The van der Waals surface area contributed by atoms with Crippen LogP contribution in [0.25, 0.3) is 11.1 Å². The van der Waals surface area contributed by atoms with E-state index < -0.39 is 18.1 Å². The molecule has 0 spiro atoms. The summed E-state index contributed by atoms with van der Waals surface area (Å²) in [6, 6.07) is 23.0. The summed E-state index contributed by atoms with van der Waals surface area (Å²) in [4.78, 5) is 24.3. The van der Waals surface area contributed by atoms with Gasteiger partial charge in [0.25, 0.3) is 0 Å². The summed E-state index contributed by atoms with van der Waals surface area (Å²) in [6.45, 7) is 4.47. The number of carboxylic acid groups (broad SMARTS) is 1. The zero-order valence-electron chi connectivity index (χ0n) is 19.0. The molecule has 1 aliphatic carbocycles. The number of amides is 1. The minimum atomic E-state index is -1.09. The average Bonchev–Trinajstić information content (AvgIpc) is 3.12. The van der Waals surface area contributed by atoms with Crippen molar-refractivity contribution in [1.29, 1.82) is 0 Å². The Bertz CT molecular complexity index is 1090. The lowest BCUT2D eigenvalue weighted by Crippen LogP contribution is -2.42. The highest BCUT2D eigenvalue weighted by atomic mass is 16.5. The van der Waals surface area contributed by atoms with Crippen molar-refractivity contribution in [3.05, 3.63) is 95.1 Å². The second kappa shape index (κ2) is 9.90. The molecule has 0 radical (unpaired) electrons. The van der Waals surface area contributed by atoms with Crippen molar-refractivity contribution in [3.8, 4) is 11.1 Å². The molecule has 170 valence electrons. The zero-order chi connectivity index (χ0) is 23.4. The van der Waals surface area contributed by atoms with Gasteiger partial charge in [0.1, 0.15) is 12.6 Å². The molecular formula is C28H29NO4. The molecule has 1 amide bonds. The topological polar surface area (TPSA) is 75.6 Å². The molecule has 0 fully saturated rings. The third kappa shape index (κ3) is 5.25. The molecule has 1 aliphatic rings. The van der Waals surface area contributed by atoms with Gasteiger partial charge in [-0.15, -0.1) is 0 Å². The first kappa shape index (κ1) is 22.6. The highest BCUT2D eigenvalue weighted by Gasteiger charge is 2.29. The van der Waals surface area contributed by atoms with Gasteiger partial charge in [0.15, 0.2) is 0 Å². The van der Waals surface area contributed by atoms with Gasteiger partial charge >= 0.3 is 12.1 Å². The van der Waals surface area contributed by atoms with Crippen LogP contribution in [0.2, 0.25) is 0 Å². The maximum Gasteiger partial charge on any atom is 0.407 e. The summed E-state index contributed by atoms with van der Waals surface area (Å²) < 4.78 is 5.51. The molecule has 33 heavy (non-hydrogen) atoms. The SMILES string of the molecule is CC(C)Cc1ccc(C[C@H](NC(=O)OCC2c3ccccc3-c3ccccc32)C(=O)O)cc1. The van der Waals surface area contributed by atoms with Crippen LogP contribution >= 0.6 is 0 Å². The molecule has 4 rings (SSSR count). The second-order valence-corrected chi connectivity index (χ2v) is 8.98. The van der Waals surface area contributed by atoms with Gasteiger partial charge in [-0.3, -0.25) is 0 Å². The second-order valence-electron chi connectivity index (χ2n) is 8.98. The van der Waals surface area contributed by atoms with Gasteiger partial charge in [0.05, 0.1) is 0 Å². The number of alkyl carbamates (subject to hydrolysis) is 1. The molecule has 0 heterocycles. The van der Waals surface area contributed by atoms with Crippen LogP contribution in [0.4, 0.5) is 4.79 Å². The molecule has 2 N–H and O–H groups in total. The van der Waals surface area contributed by atoms with Gasteiger partial charge in [0, 0.05) is 12.3 Å². The van der Waals surface area contributed by atoms with Crippen molar-refractivity contribution in [3.63, 3.8) is 0 Å². The van der Waals surface area contributed by atoms with Crippen LogP contribution in [0.15, 0.2) is 72.8 Å². The Morgan fingerprint density at radius 1 is 0.848 bits per heavy atom. The van der Waals surface area contributed by atoms with Crippen LogP contribution in [0.1, 0.15) is 42.0 Å². The van der Waals surface area contributed by atoms with E-state index >= 15 is 0 Å². The van der Waals surface area contributed by atoms with Crippen LogP contribution in [-0.2, 0) is 22.4 Å². The van der Waals surface area contributed by atoms with E-state index in [1.165, 1.54) is 5.56 Å². The molecule has 0 aromatic heterocycles. The number of hydrogen-bond donors (Lipinski definition) is 2. The molecule has 3 aromatic rings. The number of hydrogen-bond acceptors (Lipinski definition) is 3. The van der Waals surface area contributed by atoms with Gasteiger partial charge in [0.2, 0.25) is 0 Å². The lowest BCUT2D eigenvalue weighted by Gasteiger charge is -2.18. The number of fused-ring (bicyclic) bond motifs is 3. The Balaban J connectivity index is 1.39. The maximum atomic E-state index is 12.5. The first-order valence-corrected chi connectivity index (χ1v) is 11.3. The van der Waals surface area contributed by atoms with Gasteiger partial charge in [-0.2, -0.15) is 0 Å². The molecule has 5 heteroatoms. The highest BCUT2D eigenvalue weighted by Crippen LogP contribution is 2.44. The smallest absolute Gasteiger partial charge is 0.407 e. The van der Waals surface area contributed by atoms with Crippen molar-refractivity contribution in [1.82, 2.24) is 5.32 Å². The number of nitrogens with one attached hydrogen (secondary N) is 1. The van der Waals surface area contributed by atoms with Gasteiger partial charge in [-0.25, -0.2) is 9.59 Å². The monoisotopic (exact) mass is 443 g/mol. The van der Waals surface area contributed by atoms with E-state index in [2.05, 4.69) is 31.3 Å². The fourth-order valence-electron chi connectivity index (χ4n) is 4.50. The third-order valence-electron chi connectivity index (χ3n) is 6.04. The number of carbonyl (C=O) groups excluding carboxylic acids is 1. The third-order valence-corrected chi connectivity index (χ3v) is 6.04. The molecule has 5 nitrogen and oxygen atoms in total. The average molecular weight is 444 g/mol. The number of benzene rings is 3. The summed E-state index contributed by atoms with van der Waals surface area (Å²) in [5, 5.41) is 12.1. The lowest BCUT2D eigenvalue weighted by atomic mass is 9.98. The van der Waals surface area contributed by atoms with E-state index in [1.54, 1.807) is 0 Å². The predicted octanol–water partition coefficient (Wildman–Crippen LogP) is 5.42. The van der Waals surface area contributed by atoms with Crippen molar-refractivity contribution in [2.24, 2.45) is 5.92 Å². The van der Waals surface area contributed by atoms with Crippen LogP contribution in [0.3, 0.4) is 0 Å². The Kier molecular flexibility index (Phi) is 6.78. The normalized spacial score (nSPS) is 13.3. The van der Waals surface area contributed by atoms with Crippen molar-refractivity contribution >= 4 is 12.1 Å². The summed E-state index contributed by atoms with van der Waals surface area (Å²) >= 11 is 0. The van der Waals surface area contributed by atoms with E-state index in [-0.39, 0.29) is 18.9 Å². The van der Waals surface area contributed by atoms with Crippen LogP contribution in [0, 0.1) is 5.92 Å². The minimum Gasteiger partial charge on any atom is -0.480 e. The Morgan fingerprint density at radius 3 is 1.88 bits per heavy atom. The van der Waals surface area contributed by atoms with Crippen LogP contribution < -0.4 is 5.32 Å². The van der Waals surface area contributed by atoms with Crippen molar-refractivity contribution in [2.75, 3.05) is 6.61 Å². The molecule has 0 aliphatic heterocycles. The van der Waals surface area contributed by atoms with Gasteiger partial charge in [-0.05, 0) is 45.7 Å². The Hall–Kier alpha value is -3.60. The molecule has 0 saturated carbocycles.